The Bertz CT molecular complexity index is 780. The van der Waals surface area contributed by atoms with E-state index in [0.29, 0.717) is 0 Å². The molecule has 0 amide bonds. The molecule has 0 aliphatic carbocycles. The van der Waals surface area contributed by atoms with E-state index in [1.165, 1.54) is 11.1 Å². The molecule has 3 aromatic rings. The number of rotatable bonds is 7. The fraction of sp³-hybridized carbons (Fsp3) is 0.174. The molecule has 0 aliphatic rings. The number of nitrogens with zero attached hydrogens (tertiary/aromatic N) is 2. The third-order valence-electron chi connectivity index (χ3n) is 4.14. The van der Waals surface area contributed by atoms with E-state index in [0.717, 1.165) is 30.8 Å². The van der Waals surface area contributed by atoms with Gasteiger partial charge in [-0.2, -0.15) is 5.10 Å². The Balaban J connectivity index is 1.74. The van der Waals surface area contributed by atoms with Gasteiger partial charge in [0.2, 0.25) is 0 Å². The number of hydrazone groups is 1. The van der Waals surface area contributed by atoms with Gasteiger partial charge in [-0.25, -0.2) is 0 Å². The van der Waals surface area contributed by atoms with E-state index >= 15 is 0 Å². The highest BCUT2D eigenvalue weighted by Gasteiger charge is 2.07. The summed E-state index contributed by atoms with van der Waals surface area (Å²) in [7, 11) is 0. The molecule has 0 saturated heterocycles. The standard InChI is InChI=1S/C23H24N2/c1-20(17-18-21-11-5-2-6-12-21)24-25(23-15-9-4-10-16-23)19-22-13-7-3-8-14-22/h2-16H,17-19H2,1H3/b24-20+. The molecule has 0 bridgehead atoms. The zero-order valence-electron chi connectivity index (χ0n) is 14.7. The molecule has 0 unspecified atom stereocenters. The number of benzene rings is 3. The number of hydrogen-bond acceptors (Lipinski definition) is 2. The maximum Gasteiger partial charge on any atom is 0.0666 e. The number of hydrogen-bond donors (Lipinski definition) is 0. The molecule has 0 fully saturated rings. The largest absolute Gasteiger partial charge is 0.261 e. The molecular formula is C23H24N2. The first-order chi connectivity index (χ1) is 12.3. The summed E-state index contributed by atoms with van der Waals surface area (Å²) in [5.41, 5.74) is 4.87. The Morgan fingerprint density at radius 2 is 1.24 bits per heavy atom. The van der Waals surface area contributed by atoms with Gasteiger partial charge in [-0.15, -0.1) is 0 Å². The van der Waals surface area contributed by atoms with Gasteiger partial charge in [0.15, 0.2) is 0 Å². The minimum absolute atomic E-state index is 0.771. The van der Waals surface area contributed by atoms with Crippen LogP contribution in [0.4, 0.5) is 5.69 Å². The van der Waals surface area contributed by atoms with Gasteiger partial charge >= 0.3 is 0 Å². The lowest BCUT2D eigenvalue weighted by Crippen LogP contribution is -2.18. The van der Waals surface area contributed by atoms with Crippen molar-refractivity contribution < 1.29 is 0 Å². The van der Waals surface area contributed by atoms with E-state index < -0.39 is 0 Å². The average molecular weight is 328 g/mol. The van der Waals surface area contributed by atoms with Crippen molar-refractivity contribution in [2.45, 2.75) is 26.3 Å². The van der Waals surface area contributed by atoms with Crippen molar-refractivity contribution in [3.8, 4) is 0 Å². The highest BCUT2D eigenvalue weighted by atomic mass is 15.5. The van der Waals surface area contributed by atoms with Crippen molar-refractivity contribution in [1.29, 1.82) is 0 Å². The van der Waals surface area contributed by atoms with Crippen LogP contribution in [-0.2, 0) is 13.0 Å². The van der Waals surface area contributed by atoms with Gasteiger partial charge in [-0.1, -0.05) is 78.9 Å². The highest BCUT2D eigenvalue weighted by molar-refractivity contribution is 5.83. The monoisotopic (exact) mass is 328 g/mol. The van der Waals surface area contributed by atoms with Crippen LogP contribution in [-0.4, -0.2) is 5.71 Å². The van der Waals surface area contributed by atoms with Crippen molar-refractivity contribution in [2.75, 3.05) is 5.01 Å². The Labute approximate surface area is 150 Å². The molecule has 0 saturated carbocycles. The first-order valence-corrected chi connectivity index (χ1v) is 8.76. The summed E-state index contributed by atoms with van der Waals surface area (Å²) in [5, 5.41) is 7.00. The van der Waals surface area contributed by atoms with E-state index in [-0.39, 0.29) is 0 Å². The Hall–Kier alpha value is -2.87. The van der Waals surface area contributed by atoms with Crippen LogP contribution < -0.4 is 5.01 Å². The molecule has 3 aromatic carbocycles. The van der Waals surface area contributed by atoms with Crippen LogP contribution in [0.5, 0.6) is 0 Å². The first kappa shape index (κ1) is 17.0. The highest BCUT2D eigenvalue weighted by Crippen LogP contribution is 2.18. The fourth-order valence-electron chi connectivity index (χ4n) is 2.77. The van der Waals surface area contributed by atoms with Crippen molar-refractivity contribution in [1.82, 2.24) is 0 Å². The minimum Gasteiger partial charge on any atom is -0.261 e. The molecule has 0 N–H and O–H groups in total. The van der Waals surface area contributed by atoms with Crippen LogP contribution in [0.3, 0.4) is 0 Å². The Morgan fingerprint density at radius 1 is 0.720 bits per heavy atom. The second-order valence-corrected chi connectivity index (χ2v) is 6.20. The summed E-state index contributed by atoms with van der Waals surface area (Å²) in [5.74, 6) is 0. The van der Waals surface area contributed by atoms with E-state index in [4.69, 9.17) is 5.10 Å². The van der Waals surface area contributed by atoms with Gasteiger partial charge in [0.1, 0.15) is 0 Å². The van der Waals surface area contributed by atoms with Crippen LogP contribution in [0.1, 0.15) is 24.5 Å². The van der Waals surface area contributed by atoms with E-state index in [2.05, 4.69) is 90.8 Å². The van der Waals surface area contributed by atoms with Gasteiger partial charge in [0.25, 0.3) is 0 Å². The summed E-state index contributed by atoms with van der Waals surface area (Å²) < 4.78 is 0. The Kier molecular flexibility index (Phi) is 6.00. The second kappa shape index (κ2) is 8.84. The number of para-hydroxylation sites is 1. The SMILES string of the molecule is C/C(CCc1ccccc1)=N\N(Cc1ccccc1)c1ccccc1. The van der Waals surface area contributed by atoms with Crippen molar-refractivity contribution in [2.24, 2.45) is 5.10 Å². The summed E-state index contributed by atoms with van der Waals surface area (Å²) in [6.07, 6.45) is 1.98. The van der Waals surface area contributed by atoms with E-state index in [9.17, 15) is 0 Å². The zero-order chi connectivity index (χ0) is 17.3. The predicted octanol–water partition coefficient (Wildman–Crippen LogP) is 5.70. The molecule has 126 valence electrons. The quantitative estimate of drug-likeness (QED) is 0.401. The van der Waals surface area contributed by atoms with Crippen LogP contribution in [0.25, 0.3) is 0 Å². The van der Waals surface area contributed by atoms with Crippen LogP contribution in [0, 0.1) is 0 Å². The molecule has 0 heterocycles. The van der Waals surface area contributed by atoms with Crippen LogP contribution in [0.15, 0.2) is 96.1 Å². The van der Waals surface area contributed by atoms with Gasteiger partial charge in [-0.05, 0) is 43.0 Å². The zero-order valence-corrected chi connectivity index (χ0v) is 14.7. The lowest BCUT2D eigenvalue weighted by atomic mass is 10.1. The molecule has 0 aromatic heterocycles. The third kappa shape index (κ3) is 5.32. The summed E-state index contributed by atoms with van der Waals surface area (Å²) >= 11 is 0. The number of aryl methyl sites for hydroxylation is 1. The fourth-order valence-corrected chi connectivity index (χ4v) is 2.77. The van der Waals surface area contributed by atoms with Crippen molar-refractivity contribution in [3.63, 3.8) is 0 Å². The smallest absolute Gasteiger partial charge is 0.0666 e. The third-order valence-corrected chi connectivity index (χ3v) is 4.14. The van der Waals surface area contributed by atoms with Gasteiger partial charge < -0.3 is 0 Å². The summed E-state index contributed by atoms with van der Waals surface area (Å²) in [4.78, 5) is 0. The lowest BCUT2D eigenvalue weighted by Gasteiger charge is -2.20. The first-order valence-electron chi connectivity index (χ1n) is 8.76. The van der Waals surface area contributed by atoms with Gasteiger partial charge in [0, 0.05) is 5.71 Å². The number of anilines is 1. The average Bonchev–Trinajstić information content (AvgIpc) is 2.68. The molecule has 0 radical (unpaired) electrons. The van der Waals surface area contributed by atoms with Crippen LogP contribution >= 0.6 is 0 Å². The van der Waals surface area contributed by atoms with E-state index in [1.54, 1.807) is 0 Å². The van der Waals surface area contributed by atoms with E-state index in [1.807, 2.05) is 12.1 Å². The van der Waals surface area contributed by atoms with Gasteiger partial charge in [-0.3, -0.25) is 5.01 Å². The maximum atomic E-state index is 4.91. The maximum absolute atomic E-state index is 4.91. The molecule has 0 spiro atoms. The molecule has 2 heteroatoms. The summed E-state index contributed by atoms with van der Waals surface area (Å²) in [6, 6.07) is 31.4. The van der Waals surface area contributed by atoms with Crippen molar-refractivity contribution in [3.05, 3.63) is 102 Å². The molecule has 0 aliphatic heterocycles. The minimum atomic E-state index is 0.771. The van der Waals surface area contributed by atoms with Gasteiger partial charge in [0.05, 0.1) is 12.2 Å². The second-order valence-electron chi connectivity index (χ2n) is 6.20. The Morgan fingerprint density at radius 3 is 1.84 bits per heavy atom. The topological polar surface area (TPSA) is 15.6 Å². The summed E-state index contributed by atoms with van der Waals surface area (Å²) in [6.45, 7) is 2.89. The lowest BCUT2D eigenvalue weighted by molar-refractivity contribution is 0.843. The molecule has 25 heavy (non-hydrogen) atoms. The van der Waals surface area contributed by atoms with Crippen molar-refractivity contribution >= 4 is 11.4 Å². The predicted molar refractivity (Wildman–Crippen MR) is 107 cm³/mol. The normalized spacial score (nSPS) is 11.3. The molecule has 0 atom stereocenters. The molecule has 2 nitrogen and oxygen atoms in total. The van der Waals surface area contributed by atoms with Crippen LogP contribution in [0.2, 0.25) is 0 Å². The molecular weight excluding hydrogens is 304 g/mol. The molecule has 3 rings (SSSR count).